The Morgan fingerprint density at radius 1 is 1.18 bits per heavy atom. The summed E-state index contributed by atoms with van der Waals surface area (Å²) >= 11 is 0. The molecule has 0 atom stereocenters. The molecule has 0 bridgehead atoms. The number of amides is 1. The summed E-state index contributed by atoms with van der Waals surface area (Å²) in [5.74, 6) is 0.426. The molecule has 2 aromatic carbocycles. The molecule has 0 saturated heterocycles. The largest absolute Gasteiger partial charge is 0.492 e. The fourth-order valence-electron chi connectivity index (χ4n) is 2.10. The predicted molar refractivity (Wildman–Crippen MR) is 84.4 cm³/mol. The van der Waals surface area contributed by atoms with Crippen LogP contribution < -0.4 is 10.1 Å². The number of hydrogen-bond donors (Lipinski definition) is 1. The van der Waals surface area contributed by atoms with Gasteiger partial charge in [0.15, 0.2) is 0 Å². The molecular weight excluding hydrogens is 281 g/mol. The van der Waals surface area contributed by atoms with Gasteiger partial charge in [-0.05, 0) is 42.7 Å². The lowest BCUT2D eigenvalue weighted by molar-refractivity contribution is -0.121. The first-order valence-electron chi connectivity index (χ1n) is 7.35. The lowest BCUT2D eigenvalue weighted by Crippen LogP contribution is -2.28. The first-order chi connectivity index (χ1) is 10.6. The standard InChI is InChI=1S/C18H20FNO2/c1-14-5-4-7-16(13-14)22-12-11-20-18(21)10-9-15-6-2-3-8-17(15)19/h2-8,13H,9-12H2,1H3,(H,20,21). The summed E-state index contributed by atoms with van der Waals surface area (Å²) in [5.41, 5.74) is 1.69. The molecule has 0 aliphatic heterocycles. The third kappa shape index (κ3) is 5.20. The van der Waals surface area contributed by atoms with Gasteiger partial charge in [-0.25, -0.2) is 4.39 Å². The van der Waals surface area contributed by atoms with E-state index in [1.165, 1.54) is 6.07 Å². The van der Waals surface area contributed by atoms with Crippen molar-refractivity contribution in [2.75, 3.05) is 13.2 Å². The highest BCUT2D eigenvalue weighted by molar-refractivity contribution is 5.76. The van der Waals surface area contributed by atoms with E-state index in [-0.39, 0.29) is 18.1 Å². The number of carbonyl (C=O) groups excluding carboxylic acids is 1. The van der Waals surface area contributed by atoms with Crippen LogP contribution in [0.15, 0.2) is 48.5 Å². The second-order valence-corrected chi connectivity index (χ2v) is 5.11. The maximum absolute atomic E-state index is 13.4. The first-order valence-corrected chi connectivity index (χ1v) is 7.35. The van der Waals surface area contributed by atoms with Crippen molar-refractivity contribution in [1.82, 2.24) is 5.32 Å². The van der Waals surface area contributed by atoms with Crippen molar-refractivity contribution in [2.24, 2.45) is 0 Å². The van der Waals surface area contributed by atoms with Gasteiger partial charge in [0.25, 0.3) is 0 Å². The van der Waals surface area contributed by atoms with Gasteiger partial charge in [-0.1, -0.05) is 30.3 Å². The van der Waals surface area contributed by atoms with E-state index in [0.717, 1.165) is 11.3 Å². The van der Waals surface area contributed by atoms with Crippen LogP contribution in [0.1, 0.15) is 17.5 Å². The summed E-state index contributed by atoms with van der Waals surface area (Å²) in [6, 6.07) is 14.3. The van der Waals surface area contributed by atoms with E-state index < -0.39 is 0 Å². The van der Waals surface area contributed by atoms with Crippen LogP contribution in [0.25, 0.3) is 0 Å². The third-order valence-corrected chi connectivity index (χ3v) is 3.26. The van der Waals surface area contributed by atoms with E-state index in [1.807, 2.05) is 31.2 Å². The minimum atomic E-state index is -0.266. The molecule has 2 rings (SSSR count). The van der Waals surface area contributed by atoms with Crippen LogP contribution in [0.2, 0.25) is 0 Å². The summed E-state index contributed by atoms with van der Waals surface area (Å²) in [6.07, 6.45) is 0.669. The number of nitrogens with one attached hydrogen (secondary N) is 1. The first kappa shape index (κ1) is 16.0. The van der Waals surface area contributed by atoms with Crippen molar-refractivity contribution < 1.29 is 13.9 Å². The van der Waals surface area contributed by atoms with Gasteiger partial charge in [0.2, 0.25) is 5.91 Å². The molecule has 116 valence electrons. The molecule has 0 spiro atoms. The molecule has 0 unspecified atom stereocenters. The van der Waals surface area contributed by atoms with E-state index in [1.54, 1.807) is 18.2 Å². The van der Waals surface area contributed by atoms with E-state index in [9.17, 15) is 9.18 Å². The Kier molecular flexibility index (Phi) is 5.95. The zero-order valence-electron chi connectivity index (χ0n) is 12.6. The van der Waals surface area contributed by atoms with Gasteiger partial charge >= 0.3 is 0 Å². The minimum absolute atomic E-state index is 0.101. The maximum atomic E-state index is 13.4. The number of aryl methyl sites for hydroxylation is 2. The average molecular weight is 301 g/mol. The molecule has 0 radical (unpaired) electrons. The Hall–Kier alpha value is -2.36. The molecule has 22 heavy (non-hydrogen) atoms. The maximum Gasteiger partial charge on any atom is 0.220 e. The molecule has 1 N–H and O–H groups in total. The van der Waals surface area contributed by atoms with Crippen LogP contribution in [-0.4, -0.2) is 19.1 Å². The lowest BCUT2D eigenvalue weighted by atomic mass is 10.1. The fourth-order valence-corrected chi connectivity index (χ4v) is 2.10. The molecule has 0 saturated carbocycles. The normalized spacial score (nSPS) is 10.3. The molecule has 0 heterocycles. The molecule has 1 amide bonds. The topological polar surface area (TPSA) is 38.3 Å². The summed E-state index contributed by atoms with van der Waals surface area (Å²) in [6.45, 7) is 2.84. The van der Waals surface area contributed by atoms with Crippen LogP contribution in [0.4, 0.5) is 4.39 Å². The van der Waals surface area contributed by atoms with Crippen LogP contribution in [0, 0.1) is 12.7 Å². The van der Waals surface area contributed by atoms with Crippen molar-refractivity contribution in [1.29, 1.82) is 0 Å². The Morgan fingerprint density at radius 2 is 2.00 bits per heavy atom. The lowest BCUT2D eigenvalue weighted by Gasteiger charge is -2.08. The molecule has 3 nitrogen and oxygen atoms in total. The van der Waals surface area contributed by atoms with Gasteiger partial charge < -0.3 is 10.1 Å². The molecular formula is C18H20FNO2. The smallest absolute Gasteiger partial charge is 0.220 e. The van der Waals surface area contributed by atoms with Crippen molar-refractivity contribution in [3.63, 3.8) is 0 Å². The van der Waals surface area contributed by atoms with Gasteiger partial charge in [0.05, 0.1) is 6.54 Å². The van der Waals surface area contributed by atoms with Gasteiger partial charge in [-0.2, -0.15) is 0 Å². The van der Waals surface area contributed by atoms with Gasteiger partial charge in [-0.15, -0.1) is 0 Å². The zero-order valence-corrected chi connectivity index (χ0v) is 12.6. The van der Waals surface area contributed by atoms with Crippen molar-refractivity contribution >= 4 is 5.91 Å². The van der Waals surface area contributed by atoms with E-state index >= 15 is 0 Å². The van der Waals surface area contributed by atoms with Crippen LogP contribution in [-0.2, 0) is 11.2 Å². The fraction of sp³-hybridized carbons (Fsp3) is 0.278. The summed E-state index contributed by atoms with van der Waals surface area (Å²) in [5, 5.41) is 2.77. The second kappa shape index (κ2) is 8.17. The predicted octanol–water partition coefficient (Wildman–Crippen LogP) is 3.26. The van der Waals surface area contributed by atoms with Gasteiger partial charge in [0, 0.05) is 6.42 Å². The molecule has 0 fully saturated rings. The Labute approximate surface area is 130 Å². The Balaban J connectivity index is 1.65. The summed E-state index contributed by atoms with van der Waals surface area (Å²) in [7, 11) is 0. The number of hydrogen-bond acceptors (Lipinski definition) is 2. The van der Waals surface area contributed by atoms with Gasteiger partial charge in [0.1, 0.15) is 18.2 Å². The number of ether oxygens (including phenoxy) is 1. The Morgan fingerprint density at radius 3 is 2.77 bits per heavy atom. The Bertz CT molecular complexity index is 628. The number of carbonyl (C=O) groups is 1. The summed E-state index contributed by atoms with van der Waals surface area (Å²) < 4.78 is 19.0. The SMILES string of the molecule is Cc1cccc(OCCNC(=O)CCc2ccccc2F)c1. The van der Waals surface area contributed by atoms with Gasteiger partial charge in [-0.3, -0.25) is 4.79 Å². The second-order valence-electron chi connectivity index (χ2n) is 5.11. The van der Waals surface area contributed by atoms with Crippen LogP contribution >= 0.6 is 0 Å². The van der Waals surface area contributed by atoms with E-state index in [4.69, 9.17) is 4.74 Å². The number of rotatable bonds is 7. The third-order valence-electron chi connectivity index (χ3n) is 3.26. The van der Waals surface area contributed by atoms with E-state index in [2.05, 4.69) is 5.32 Å². The molecule has 0 aliphatic carbocycles. The molecule has 4 heteroatoms. The minimum Gasteiger partial charge on any atom is -0.492 e. The van der Waals surface area contributed by atoms with Crippen molar-refractivity contribution in [3.05, 3.63) is 65.5 Å². The monoisotopic (exact) mass is 301 g/mol. The molecule has 0 aliphatic rings. The van der Waals surface area contributed by atoms with Crippen LogP contribution in [0.3, 0.4) is 0 Å². The average Bonchev–Trinajstić information content (AvgIpc) is 2.51. The highest BCUT2D eigenvalue weighted by Crippen LogP contribution is 2.12. The highest BCUT2D eigenvalue weighted by Gasteiger charge is 2.05. The number of halogens is 1. The van der Waals surface area contributed by atoms with Crippen molar-refractivity contribution in [2.45, 2.75) is 19.8 Å². The molecule has 2 aromatic rings. The highest BCUT2D eigenvalue weighted by atomic mass is 19.1. The summed E-state index contributed by atoms with van der Waals surface area (Å²) in [4.78, 5) is 11.7. The zero-order chi connectivity index (χ0) is 15.8. The molecule has 0 aromatic heterocycles. The van der Waals surface area contributed by atoms with Crippen molar-refractivity contribution in [3.8, 4) is 5.75 Å². The number of benzene rings is 2. The quantitative estimate of drug-likeness (QED) is 0.797. The van der Waals surface area contributed by atoms with E-state index in [0.29, 0.717) is 25.1 Å². The van der Waals surface area contributed by atoms with Crippen LogP contribution in [0.5, 0.6) is 5.75 Å².